The molecule has 0 amide bonds. The Hall–Kier alpha value is -1.75. The van der Waals surface area contributed by atoms with E-state index in [2.05, 4.69) is 61.1 Å². The van der Waals surface area contributed by atoms with E-state index in [1.807, 2.05) is 12.1 Å². The molecule has 6 heteroatoms. The van der Waals surface area contributed by atoms with Crippen LogP contribution >= 0.6 is 0 Å². The molecule has 1 saturated heterocycles. The van der Waals surface area contributed by atoms with E-state index in [0.29, 0.717) is 0 Å². The Balaban J connectivity index is 1.99. The third-order valence-corrected chi connectivity index (χ3v) is 5.27. The van der Waals surface area contributed by atoms with E-state index >= 15 is 0 Å². The first kappa shape index (κ1) is 17.1. The van der Waals surface area contributed by atoms with Crippen LogP contribution in [0.3, 0.4) is 0 Å². The summed E-state index contributed by atoms with van der Waals surface area (Å²) in [5.41, 5.74) is 12.1. The molecule has 3 rings (SSSR count). The largest absolute Gasteiger partial charge is 0.374 e. The van der Waals surface area contributed by atoms with E-state index in [0.717, 1.165) is 29.7 Å². The highest BCUT2D eigenvalue weighted by Gasteiger charge is 2.46. The molecule has 2 aliphatic heterocycles. The van der Waals surface area contributed by atoms with Crippen molar-refractivity contribution in [2.45, 2.75) is 77.2 Å². The van der Waals surface area contributed by atoms with E-state index in [1.54, 1.807) is 0 Å². The fourth-order valence-electron chi connectivity index (χ4n) is 4.21. The Morgan fingerprint density at radius 3 is 2.54 bits per heavy atom. The molecular formula is C18H27N5O. The summed E-state index contributed by atoms with van der Waals surface area (Å²) in [5.74, 6) is 0. The van der Waals surface area contributed by atoms with Crippen LogP contribution in [-0.2, 0) is 4.84 Å². The van der Waals surface area contributed by atoms with Gasteiger partial charge in [-0.25, -0.2) is 0 Å². The maximum absolute atomic E-state index is 8.95. The van der Waals surface area contributed by atoms with Gasteiger partial charge < -0.3 is 5.32 Å². The number of rotatable bonds is 3. The molecule has 0 aromatic heterocycles. The average molecular weight is 329 g/mol. The summed E-state index contributed by atoms with van der Waals surface area (Å²) in [5, 5.41) is 9.37. The van der Waals surface area contributed by atoms with Crippen molar-refractivity contribution in [3.8, 4) is 0 Å². The third kappa shape index (κ3) is 2.86. The number of piperidine rings is 1. The molecule has 2 unspecified atom stereocenters. The first-order valence-electron chi connectivity index (χ1n) is 8.64. The van der Waals surface area contributed by atoms with Gasteiger partial charge in [0.15, 0.2) is 0 Å². The summed E-state index contributed by atoms with van der Waals surface area (Å²) in [6, 6.07) is 6.09. The van der Waals surface area contributed by atoms with Crippen LogP contribution in [0.2, 0.25) is 0 Å². The predicted molar refractivity (Wildman–Crippen MR) is 95.4 cm³/mol. The first-order chi connectivity index (χ1) is 11.3. The summed E-state index contributed by atoms with van der Waals surface area (Å²) in [7, 11) is 0. The van der Waals surface area contributed by atoms with Crippen LogP contribution in [0.25, 0.3) is 10.4 Å². The highest BCUT2D eigenvalue weighted by Crippen LogP contribution is 2.45. The van der Waals surface area contributed by atoms with Crippen molar-refractivity contribution in [1.82, 2.24) is 5.06 Å². The number of hydrogen-bond donors (Lipinski definition) is 1. The van der Waals surface area contributed by atoms with Gasteiger partial charge in [-0.05, 0) is 71.0 Å². The number of azide groups is 1. The molecule has 0 aliphatic carbocycles. The van der Waals surface area contributed by atoms with Crippen molar-refractivity contribution in [2.75, 3.05) is 5.32 Å². The minimum Gasteiger partial charge on any atom is -0.374 e. The van der Waals surface area contributed by atoms with Crippen LogP contribution in [0.15, 0.2) is 23.3 Å². The lowest BCUT2D eigenvalue weighted by atomic mass is 9.82. The number of fused-ring (bicyclic) bond motifs is 1. The zero-order valence-corrected chi connectivity index (χ0v) is 15.2. The molecule has 0 radical (unpaired) electrons. The number of hydrogen-bond acceptors (Lipinski definition) is 4. The van der Waals surface area contributed by atoms with Crippen LogP contribution in [0.4, 0.5) is 5.69 Å². The van der Waals surface area contributed by atoms with Gasteiger partial charge in [0.25, 0.3) is 0 Å². The predicted octanol–water partition coefficient (Wildman–Crippen LogP) is 5.07. The zero-order chi connectivity index (χ0) is 17.5. The fourth-order valence-corrected chi connectivity index (χ4v) is 4.21. The Morgan fingerprint density at radius 2 is 1.92 bits per heavy atom. The third-order valence-electron chi connectivity index (χ3n) is 5.27. The Labute approximate surface area is 143 Å². The molecule has 1 aromatic rings. The number of nitrogens with zero attached hydrogens (tertiary/aromatic N) is 4. The molecule has 1 N–H and O–H groups in total. The van der Waals surface area contributed by atoms with Gasteiger partial charge in [-0.15, -0.1) is 0 Å². The molecule has 0 spiro atoms. The van der Waals surface area contributed by atoms with Gasteiger partial charge in [-0.1, -0.05) is 17.2 Å². The van der Waals surface area contributed by atoms with Crippen LogP contribution in [0.5, 0.6) is 0 Å². The molecule has 1 aromatic carbocycles. The quantitative estimate of drug-likeness (QED) is 0.478. The van der Waals surface area contributed by atoms with Gasteiger partial charge in [-0.3, -0.25) is 4.84 Å². The number of benzene rings is 1. The molecule has 6 nitrogen and oxygen atoms in total. The summed E-state index contributed by atoms with van der Waals surface area (Å²) in [4.78, 5) is 9.57. The summed E-state index contributed by atoms with van der Waals surface area (Å²) < 4.78 is 0. The second-order valence-corrected chi connectivity index (χ2v) is 8.13. The maximum atomic E-state index is 8.95. The lowest BCUT2D eigenvalue weighted by Crippen LogP contribution is -2.58. The normalized spacial score (nSPS) is 27.9. The van der Waals surface area contributed by atoms with Gasteiger partial charge >= 0.3 is 0 Å². The van der Waals surface area contributed by atoms with Crippen molar-refractivity contribution in [1.29, 1.82) is 0 Å². The van der Waals surface area contributed by atoms with Crippen molar-refractivity contribution in [3.05, 3.63) is 39.8 Å². The van der Waals surface area contributed by atoms with Gasteiger partial charge in [0, 0.05) is 27.2 Å². The molecule has 2 aliphatic rings. The summed E-state index contributed by atoms with van der Waals surface area (Å²) in [6.07, 6.45) is 2.62. The highest BCUT2D eigenvalue weighted by molar-refractivity contribution is 5.61. The molecule has 24 heavy (non-hydrogen) atoms. The number of anilines is 1. The number of nitrogens with one attached hydrogen (secondary N) is 1. The molecule has 130 valence electrons. The van der Waals surface area contributed by atoms with Gasteiger partial charge in [0.1, 0.15) is 12.3 Å². The van der Waals surface area contributed by atoms with Gasteiger partial charge in [0.05, 0.1) is 0 Å². The van der Waals surface area contributed by atoms with Crippen molar-refractivity contribution in [2.24, 2.45) is 5.11 Å². The average Bonchev–Trinajstić information content (AvgIpc) is 2.82. The first-order valence-corrected chi connectivity index (χ1v) is 8.64. The van der Waals surface area contributed by atoms with E-state index in [4.69, 9.17) is 10.4 Å². The van der Waals surface area contributed by atoms with Crippen LogP contribution < -0.4 is 5.32 Å². The smallest absolute Gasteiger partial charge is 0.138 e. The highest BCUT2D eigenvalue weighted by atomic mass is 16.7. The second kappa shape index (κ2) is 5.96. The molecule has 0 saturated carbocycles. The van der Waals surface area contributed by atoms with E-state index < -0.39 is 6.17 Å². The maximum Gasteiger partial charge on any atom is 0.138 e. The molecule has 2 heterocycles. The van der Waals surface area contributed by atoms with Crippen molar-refractivity contribution in [3.63, 3.8) is 0 Å². The van der Waals surface area contributed by atoms with Crippen molar-refractivity contribution < 1.29 is 4.84 Å². The summed E-state index contributed by atoms with van der Waals surface area (Å²) in [6.45, 7) is 11.0. The standard InChI is InChI=1S/C18H27N5O/c1-12-8-6-9-13-14(12)15(16(20-13)21-22-19)24-23-17(2,3)10-7-11-18(23,4)5/h6,8-9,15-16,20H,7,10-11H2,1-5H3. The Kier molecular flexibility index (Phi) is 4.24. The number of aryl methyl sites for hydroxylation is 1. The zero-order valence-electron chi connectivity index (χ0n) is 15.2. The Morgan fingerprint density at radius 1 is 1.25 bits per heavy atom. The van der Waals surface area contributed by atoms with Gasteiger partial charge in [-0.2, -0.15) is 5.06 Å². The molecule has 1 fully saturated rings. The fraction of sp³-hybridized carbons (Fsp3) is 0.667. The lowest BCUT2D eigenvalue weighted by molar-refractivity contribution is -0.308. The Bertz CT molecular complexity index is 662. The van der Waals surface area contributed by atoms with Gasteiger partial charge in [0.2, 0.25) is 0 Å². The minimum atomic E-state index is -0.431. The van der Waals surface area contributed by atoms with E-state index in [9.17, 15) is 0 Å². The summed E-state index contributed by atoms with van der Waals surface area (Å²) >= 11 is 0. The topological polar surface area (TPSA) is 73.3 Å². The lowest BCUT2D eigenvalue weighted by Gasteiger charge is -2.52. The van der Waals surface area contributed by atoms with E-state index in [1.165, 1.54) is 6.42 Å². The molecular weight excluding hydrogens is 302 g/mol. The minimum absolute atomic E-state index is 0.0614. The van der Waals surface area contributed by atoms with Crippen LogP contribution in [-0.4, -0.2) is 22.3 Å². The van der Waals surface area contributed by atoms with Crippen LogP contribution in [0.1, 0.15) is 64.2 Å². The van der Waals surface area contributed by atoms with E-state index in [-0.39, 0.29) is 17.2 Å². The molecule has 2 atom stereocenters. The second-order valence-electron chi connectivity index (χ2n) is 8.13. The number of hydroxylamine groups is 2. The molecule has 0 bridgehead atoms. The van der Waals surface area contributed by atoms with Crippen molar-refractivity contribution >= 4 is 5.69 Å². The SMILES string of the molecule is Cc1cccc2c1C(ON1C(C)(C)CCCC1(C)C)C(N=[N+]=[N-])N2. The van der Waals surface area contributed by atoms with Crippen LogP contribution in [0, 0.1) is 6.92 Å². The monoisotopic (exact) mass is 329 g/mol.